The number of aromatic nitrogens is 1. The first-order valence-electron chi connectivity index (χ1n) is 5.02. The zero-order chi connectivity index (χ0) is 11.9. The summed E-state index contributed by atoms with van der Waals surface area (Å²) >= 11 is 0. The molecule has 0 amide bonds. The zero-order valence-electron chi connectivity index (χ0n) is 9.44. The number of aryl methyl sites for hydroxylation is 3. The van der Waals surface area contributed by atoms with E-state index in [9.17, 15) is 10.1 Å². The number of benzene rings is 1. The average molecular weight is 216 g/mol. The van der Waals surface area contributed by atoms with Crippen LogP contribution in [0, 0.1) is 30.9 Å². The minimum absolute atomic E-state index is 0.0850. The Bertz CT molecular complexity index is 591. The van der Waals surface area contributed by atoms with Crippen LogP contribution in [-0.4, -0.2) is 9.91 Å². The van der Waals surface area contributed by atoms with Gasteiger partial charge in [0.05, 0.1) is 4.92 Å². The largest absolute Gasteiger partial charge is 0.295 e. The van der Waals surface area contributed by atoms with Gasteiger partial charge in [-0.3, -0.25) is 10.1 Å². The number of rotatable bonds is 1. The maximum Gasteiger partial charge on any atom is 0.295 e. The maximum absolute atomic E-state index is 11.0. The first-order chi connectivity index (χ1) is 7.50. The van der Waals surface area contributed by atoms with E-state index in [0.717, 1.165) is 22.2 Å². The molecule has 2 rings (SSSR count). The Morgan fingerprint density at radius 2 is 1.94 bits per heavy atom. The fraction of sp³-hybridized carbons (Fsp3) is 0.250. The Balaban J connectivity index is 2.95. The van der Waals surface area contributed by atoms with E-state index in [-0.39, 0.29) is 10.6 Å². The molecule has 0 saturated carbocycles. The summed E-state index contributed by atoms with van der Waals surface area (Å²) in [5, 5.41) is 11.8. The summed E-state index contributed by atoms with van der Waals surface area (Å²) < 4.78 is 0. The molecule has 0 aliphatic carbocycles. The van der Waals surface area contributed by atoms with Crippen molar-refractivity contribution in [2.45, 2.75) is 20.8 Å². The van der Waals surface area contributed by atoms with Crippen LogP contribution < -0.4 is 0 Å². The van der Waals surface area contributed by atoms with Gasteiger partial charge in [-0.15, -0.1) is 0 Å². The van der Waals surface area contributed by atoms with Gasteiger partial charge in [0.25, 0.3) is 5.69 Å². The first-order valence-corrected chi connectivity index (χ1v) is 5.02. The van der Waals surface area contributed by atoms with Gasteiger partial charge in [0.2, 0.25) is 0 Å². The van der Waals surface area contributed by atoms with E-state index in [0.29, 0.717) is 5.52 Å². The molecular weight excluding hydrogens is 204 g/mol. The van der Waals surface area contributed by atoms with Crippen LogP contribution in [0.3, 0.4) is 0 Å². The van der Waals surface area contributed by atoms with E-state index in [1.54, 1.807) is 6.07 Å². The van der Waals surface area contributed by atoms with Gasteiger partial charge in [0.1, 0.15) is 5.52 Å². The summed E-state index contributed by atoms with van der Waals surface area (Å²) in [5.74, 6) is 0. The van der Waals surface area contributed by atoms with Crippen LogP contribution in [0.4, 0.5) is 5.69 Å². The molecule has 1 aromatic carbocycles. The molecule has 0 radical (unpaired) electrons. The average Bonchev–Trinajstić information content (AvgIpc) is 2.22. The molecule has 0 unspecified atom stereocenters. The molecule has 0 N–H and O–H groups in total. The fourth-order valence-corrected chi connectivity index (χ4v) is 1.79. The number of hydrogen-bond donors (Lipinski definition) is 0. The van der Waals surface area contributed by atoms with Crippen molar-refractivity contribution in [3.8, 4) is 0 Å². The number of nitro groups is 1. The van der Waals surface area contributed by atoms with Crippen molar-refractivity contribution in [2.75, 3.05) is 0 Å². The predicted molar refractivity (Wildman–Crippen MR) is 62.6 cm³/mol. The lowest BCUT2D eigenvalue weighted by atomic mass is 10.0. The third-order valence-corrected chi connectivity index (χ3v) is 2.82. The van der Waals surface area contributed by atoms with Crippen molar-refractivity contribution in [3.05, 3.63) is 45.1 Å². The van der Waals surface area contributed by atoms with E-state index in [2.05, 4.69) is 4.98 Å². The molecule has 1 aromatic heterocycles. The van der Waals surface area contributed by atoms with Gasteiger partial charge >= 0.3 is 0 Å². The first kappa shape index (κ1) is 10.5. The van der Waals surface area contributed by atoms with Crippen molar-refractivity contribution in [1.29, 1.82) is 0 Å². The summed E-state index contributed by atoms with van der Waals surface area (Å²) in [6.45, 7) is 5.67. The highest BCUT2D eigenvalue weighted by atomic mass is 16.6. The molecule has 0 atom stereocenters. The number of nitrogens with zero attached hydrogens (tertiary/aromatic N) is 2. The summed E-state index contributed by atoms with van der Waals surface area (Å²) in [4.78, 5) is 14.8. The smallest absolute Gasteiger partial charge is 0.258 e. The fourth-order valence-electron chi connectivity index (χ4n) is 1.79. The van der Waals surface area contributed by atoms with Crippen molar-refractivity contribution in [3.63, 3.8) is 0 Å². The van der Waals surface area contributed by atoms with Gasteiger partial charge in [0, 0.05) is 17.1 Å². The molecule has 16 heavy (non-hydrogen) atoms. The van der Waals surface area contributed by atoms with Crippen LogP contribution >= 0.6 is 0 Å². The number of fused-ring (bicyclic) bond motifs is 1. The molecule has 0 spiro atoms. The number of pyridine rings is 1. The SMILES string of the molecule is Cc1ccc2c(C)c(C)cc([N+](=O)[O-])c2n1. The van der Waals surface area contributed by atoms with Crippen molar-refractivity contribution in [1.82, 2.24) is 4.98 Å². The second kappa shape index (κ2) is 3.56. The highest BCUT2D eigenvalue weighted by Crippen LogP contribution is 2.29. The third kappa shape index (κ3) is 1.52. The van der Waals surface area contributed by atoms with Crippen LogP contribution in [0.2, 0.25) is 0 Å². The summed E-state index contributed by atoms with van der Waals surface area (Å²) in [5.41, 5.74) is 3.33. The lowest BCUT2D eigenvalue weighted by Crippen LogP contribution is -1.96. The second-order valence-electron chi connectivity index (χ2n) is 3.94. The van der Waals surface area contributed by atoms with Gasteiger partial charge in [-0.25, -0.2) is 4.98 Å². The second-order valence-corrected chi connectivity index (χ2v) is 3.94. The summed E-state index contributed by atoms with van der Waals surface area (Å²) in [6.07, 6.45) is 0. The van der Waals surface area contributed by atoms with E-state index >= 15 is 0 Å². The van der Waals surface area contributed by atoms with E-state index in [4.69, 9.17) is 0 Å². The molecule has 4 heteroatoms. The Kier molecular flexibility index (Phi) is 2.34. The molecule has 0 bridgehead atoms. The molecule has 1 heterocycles. The quantitative estimate of drug-likeness (QED) is 0.543. The van der Waals surface area contributed by atoms with Crippen molar-refractivity contribution >= 4 is 16.6 Å². The monoisotopic (exact) mass is 216 g/mol. The summed E-state index contributed by atoms with van der Waals surface area (Å²) in [6, 6.07) is 5.36. The molecule has 0 aliphatic heterocycles. The molecule has 0 saturated heterocycles. The van der Waals surface area contributed by atoms with E-state index in [1.807, 2.05) is 32.9 Å². The van der Waals surface area contributed by atoms with E-state index in [1.165, 1.54) is 0 Å². The minimum atomic E-state index is -0.374. The van der Waals surface area contributed by atoms with Gasteiger partial charge in [-0.05, 0) is 38.0 Å². The van der Waals surface area contributed by atoms with Crippen LogP contribution in [-0.2, 0) is 0 Å². The van der Waals surface area contributed by atoms with Crippen molar-refractivity contribution in [2.24, 2.45) is 0 Å². The van der Waals surface area contributed by atoms with Crippen LogP contribution in [0.15, 0.2) is 18.2 Å². The Hall–Kier alpha value is -1.97. The zero-order valence-corrected chi connectivity index (χ0v) is 9.44. The lowest BCUT2D eigenvalue weighted by Gasteiger charge is -2.06. The highest BCUT2D eigenvalue weighted by molar-refractivity contribution is 5.90. The van der Waals surface area contributed by atoms with Gasteiger partial charge in [-0.1, -0.05) is 6.07 Å². The van der Waals surface area contributed by atoms with Crippen LogP contribution in [0.1, 0.15) is 16.8 Å². The molecule has 82 valence electrons. The third-order valence-electron chi connectivity index (χ3n) is 2.82. The van der Waals surface area contributed by atoms with Crippen LogP contribution in [0.25, 0.3) is 10.9 Å². The Morgan fingerprint density at radius 3 is 2.56 bits per heavy atom. The number of nitro benzene ring substituents is 1. The number of hydrogen-bond acceptors (Lipinski definition) is 3. The number of non-ortho nitro benzene ring substituents is 1. The maximum atomic E-state index is 11.0. The van der Waals surface area contributed by atoms with Gasteiger partial charge < -0.3 is 0 Å². The van der Waals surface area contributed by atoms with Gasteiger partial charge in [-0.2, -0.15) is 0 Å². The highest BCUT2D eigenvalue weighted by Gasteiger charge is 2.16. The molecule has 2 aromatic rings. The molecule has 0 fully saturated rings. The Labute approximate surface area is 93.1 Å². The van der Waals surface area contributed by atoms with Crippen molar-refractivity contribution < 1.29 is 4.92 Å². The summed E-state index contributed by atoms with van der Waals surface area (Å²) in [7, 11) is 0. The van der Waals surface area contributed by atoms with Gasteiger partial charge in [0.15, 0.2) is 0 Å². The standard InChI is InChI=1S/C12H12N2O2/c1-7-6-11(14(15)16)12-10(9(7)3)5-4-8(2)13-12/h4-6H,1-3H3. The normalized spacial score (nSPS) is 10.7. The lowest BCUT2D eigenvalue weighted by molar-refractivity contribution is -0.383. The predicted octanol–water partition coefficient (Wildman–Crippen LogP) is 3.07. The molecule has 0 aliphatic rings. The van der Waals surface area contributed by atoms with E-state index < -0.39 is 0 Å². The molecular formula is C12H12N2O2. The van der Waals surface area contributed by atoms with Crippen LogP contribution in [0.5, 0.6) is 0 Å². The Morgan fingerprint density at radius 1 is 1.25 bits per heavy atom. The topological polar surface area (TPSA) is 56.0 Å². The minimum Gasteiger partial charge on any atom is -0.258 e. The molecule has 4 nitrogen and oxygen atoms in total.